The third-order valence-corrected chi connectivity index (χ3v) is 6.23. The predicted molar refractivity (Wildman–Crippen MR) is 148 cm³/mol. The van der Waals surface area contributed by atoms with E-state index in [0.717, 1.165) is 0 Å². The van der Waals surface area contributed by atoms with Gasteiger partial charge in [-0.15, -0.1) is 0 Å². The fourth-order valence-electron chi connectivity index (χ4n) is 3.76. The number of hydrogen-bond acceptors (Lipinski definition) is 6. The highest BCUT2D eigenvalue weighted by molar-refractivity contribution is 6.39. The standard InChI is InChI=1S/C28H24ClN5O5/c1-17(20-13-8-10-16-23(20)39-28(38)21-14-7-9-15-22(21)29)31-32-26(36)25(35)30-24-18(2)33(3)34(27(24)37)19-11-5-4-6-12-19/h4-16H,1-3H3,(H,30,35)(H,32,36)/b31-17+. The van der Waals surface area contributed by atoms with Gasteiger partial charge >= 0.3 is 17.8 Å². The summed E-state index contributed by atoms with van der Waals surface area (Å²) in [5.74, 6) is -2.64. The lowest BCUT2D eigenvalue weighted by Crippen LogP contribution is -2.34. The van der Waals surface area contributed by atoms with Crippen LogP contribution < -0.4 is 21.0 Å². The average Bonchev–Trinajstić information content (AvgIpc) is 3.15. The van der Waals surface area contributed by atoms with E-state index < -0.39 is 23.3 Å². The Labute approximate surface area is 228 Å². The minimum absolute atomic E-state index is 0.0287. The number of carbonyl (C=O) groups excluding carboxylic acids is 3. The molecule has 0 atom stereocenters. The summed E-state index contributed by atoms with van der Waals surface area (Å²) in [6, 6.07) is 21.9. The van der Waals surface area contributed by atoms with Gasteiger partial charge in [0.1, 0.15) is 11.4 Å². The van der Waals surface area contributed by atoms with Crippen LogP contribution in [-0.2, 0) is 16.6 Å². The zero-order valence-electron chi connectivity index (χ0n) is 21.3. The quantitative estimate of drug-likeness (QED) is 0.125. The van der Waals surface area contributed by atoms with Gasteiger partial charge in [0.15, 0.2) is 0 Å². The molecule has 0 aliphatic heterocycles. The van der Waals surface area contributed by atoms with Crippen molar-refractivity contribution in [1.29, 1.82) is 0 Å². The fourth-order valence-corrected chi connectivity index (χ4v) is 3.98. The van der Waals surface area contributed by atoms with E-state index >= 15 is 0 Å². The molecule has 11 heteroatoms. The van der Waals surface area contributed by atoms with Gasteiger partial charge in [0, 0.05) is 12.6 Å². The van der Waals surface area contributed by atoms with Crippen LogP contribution in [0.4, 0.5) is 5.69 Å². The highest BCUT2D eigenvalue weighted by atomic mass is 35.5. The van der Waals surface area contributed by atoms with Crippen molar-refractivity contribution in [2.45, 2.75) is 13.8 Å². The summed E-state index contributed by atoms with van der Waals surface area (Å²) >= 11 is 6.09. The van der Waals surface area contributed by atoms with Crippen LogP contribution in [0.3, 0.4) is 0 Å². The number of anilines is 1. The fraction of sp³-hybridized carbons (Fsp3) is 0.107. The van der Waals surface area contributed by atoms with Crippen molar-refractivity contribution in [2.75, 3.05) is 5.32 Å². The third-order valence-electron chi connectivity index (χ3n) is 5.90. The van der Waals surface area contributed by atoms with Crippen LogP contribution >= 0.6 is 11.6 Å². The number of rotatable bonds is 6. The molecule has 0 radical (unpaired) electrons. The number of halogens is 1. The molecule has 0 saturated carbocycles. The molecule has 0 aliphatic carbocycles. The second kappa shape index (κ2) is 11.6. The molecule has 0 fully saturated rings. The topological polar surface area (TPSA) is 124 Å². The molecule has 2 amide bonds. The molecule has 1 heterocycles. The summed E-state index contributed by atoms with van der Waals surface area (Å²) in [6.45, 7) is 3.22. The van der Waals surface area contributed by atoms with Crippen LogP contribution in [0.25, 0.3) is 5.69 Å². The number of nitrogens with zero attached hydrogens (tertiary/aromatic N) is 3. The first-order chi connectivity index (χ1) is 18.7. The Morgan fingerprint density at radius 1 is 0.872 bits per heavy atom. The second-order valence-electron chi connectivity index (χ2n) is 8.39. The zero-order valence-corrected chi connectivity index (χ0v) is 22.0. The lowest BCUT2D eigenvalue weighted by molar-refractivity contribution is -0.136. The van der Waals surface area contributed by atoms with E-state index in [1.165, 1.54) is 10.7 Å². The maximum Gasteiger partial charge on any atom is 0.345 e. The Kier molecular flexibility index (Phi) is 8.07. The minimum atomic E-state index is -1.09. The lowest BCUT2D eigenvalue weighted by atomic mass is 10.1. The van der Waals surface area contributed by atoms with Gasteiger partial charge < -0.3 is 10.1 Å². The first-order valence-corrected chi connectivity index (χ1v) is 12.1. The number of carbonyl (C=O) groups is 3. The molecule has 4 aromatic rings. The smallest absolute Gasteiger partial charge is 0.345 e. The van der Waals surface area contributed by atoms with Gasteiger partial charge in [-0.05, 0) is 50.2 Å². The van der Waals surface area contributed by atoms with E-state index in [-0.39, 0.29) is 27.7 Å². The van der Waals surface area contributed by atoms with E-state index in [1.807, 2.05) is 6.07 Å². The van der Waals surface area contributed by atoms with Gasteiger partial charge in [0.05, 0.1) is 27.7 Å². The second-order valence-corrected chi connectivity index (χ2v) is 8.80. The largest absolute Gasteiger partial charge is 0.422 e. The van der Waals surface area contributed by atoms with Crippen molar-refractivity contribution in [1.82, 2.24) is 14.8 Å². The molecule has 0 bridgehead atoms. The third kappa shape index (κ3) is 5.81. The molecule has 0 aliphatic rings. The average molecular weight is 546 g/mol. The van der Waals surface area contributed by atoms with Crippen LogP contribution in [0.1, 0.15) is 28.5 Å². The van der Waals surface area contributed by atoms with Crippen molar-refractivity contribution in [3.05, 3.63) is 111 Å². The van der Waals surface area contributed by atoms with Gasteiger partial charge in [0.2, 0.25) is 0 Å². The van der Waals surface area contributed by atoms with Gasteiger partial charge in [-0.2, -0.15) is 5.10 Å². The van der Waals surface area contributed by atoms with Crippen molar-refractivity contribution in [3.8, 4) is 11.4 Å². The number of amides is 2. The van der Waals surface area contributed by atoms with Gasteiger partial charge in [-0.1, -0.05) is 54.1 Å². The summed E-state index contributed by atoms with van der Waals surface area (Å²) < 4.78 is 8.47. The first kappa shape index (κ1) is 27.1. The number of esters is 1. The molecule has 2 N–H and O–H groups in total. The number of hydrogen-bond donors (Lipinski definition) is 2. The lowest BCUT2D eigenvalue weighted by Gasteiger charge is -2.10. The number of ether oxygens (including phenoxy) is 1. The zero-order chi connectivity index (χ0) is 28.1. The monoisotopic (exact) mass is 545 g/mol. The van der Waals surface area contributed by atoms with Gasteiger partial charge in [0.25, 0.3) is 5.56 Å². The van der Waals surface area contributed by atoms with E-state index in [1.54, 1.807) is 92.3 Å². The Hall–Kier alpha value is -4.96. The normalized spacial score (nSPS) is 11.1. The van der Waals surface area contributed by atoms with E-state index in [0.29, 0.717) is 16.9 Å². The van der Waals surface area contributed by atoms with Crippen molar-refractivity contribution in [3.63, 3.8) is 0 Å². The Bertz CT molecular complexity index is 1660. The molecule has 39 heavy (non-hydrogen) atoms. The molecule has 0 spiro atoms. The maximum atomic E-state index is 13.0. The summed E-state index contributed by atoms with van der Waals surface area (Å²) in [5.41, 5.74) is 3.58. The van der Waals surface area contributed by atoms with E-state index in [2.05, 4.69) is 15.8 Å². The van der Waals surface area contributed by atoms with E-state index in [9.17, 15) is 19.2 Å². The van der Waals surface area contributed by atoms with Crippen molar-refractivity contribution < 1.29 is 19.1 Å². The van der Waals surface area contributed by atoms with Crippen LogP contribution in [0.2, 0.25) is 5.02 Å². The van der Waals surface area contributed by atoms with Crippen molar-refractivity contribution >= 4 is 40.8 Å². The van der Waals surface area contributed by atoms with Crippen molar-refractivity contribution in [2.24, 2.45) is 12.1 Å². The SMILES string of the molecule is C/C(=N\NC(=O)C(=O)Nc1c(C)n(C)n(-c2ccccc2)c1=O)c1ccccc1OC(=O)c1ccccc1Cl. The number of nitrogens with one attached hydrogen (secondary N) is 2. The first-order valence-electron chi connectivity index (χ1n) is 11.7. The summed E-state index contributed by atoms with van der Waals surface area (Å²) in [7, 11) is 1.67. The molecular formula is C28H24ClN5O5. The minimum Gasteiger partial charge on any atom is -0.422 e. The molecule has 1 aromatic heterocycles. The predicted octanol–water partition coefficient (Wildman–Crippen LogP) is 3.84. The molecular weight excluding hydrogens is 522 g/mol. The molecule has 4 rings (SSSR count). The molecule has 0 saturated heterocycles. The van der Waals surface area contributed by atoms with Gasteiger partial charge in [-0.3, -0.25) is 19.1 Å². The summed E-state index contributed by atoms with van der Waals surface area (Å²) in [5, 5.41) is 6.60. The Morgan fingerprint density at radius 2 is 1.49 bits per heavy atom. The van der Waals surface area contributed by atoms with Crippen LogP contribution in [-0.4, -0.2) is 32.9 Å². The van der Waals surface area contributed by atoms with Gasteiger partial charge in [-0.25, -0.2) is 14.9 Å². The number of para-hydroxylation sites is 2. The highest BCUT2D eigenvalue weighted by Gasteiger charge is 2.22. The molecule has 0 unspecified atom stereocenters. The Morgan fingerprint density at radius 3 is 2.18 bits per heavy atom. The molecule has 198 valence electrons. The molecule has 10 nitrogen and oxygen atoms in total. The van der Waals surface area contributed by atoms with E-state index in [4.69, 9.17) is 16.3 Å². The van der Waals surface area contributed by atoms with Crippen LogP contribution in [0.5, 0.6) is 5.75 Å². The highest BCUT2D eigenvalue weighted by Crippen LogP contribution is 2.23. The summed E-state index contributed by atoms with van der Waals surface area (Å²) in [6.07, 6.45) is 0. The molecule has 3 aromatic carbocycles. The van der Waals surface area contributed by atoms with Crippen LogP contribution in [0.15, 0.2) is 88.8 Å². The number of hydrazone groups is 1. The number of aromatic nitrogens is 2. The maximum absolute atomic E-state index is 13.0. The number of benzene rings is 3. The Balaban J connectivity index is 1.48. The van der Waals surface area contributed by atoms with Crippen LogP contribution in [0, 0.1) is 6.92 Å². The summed E-state index contributed by atoms with van der Waals surface area (Å²) in [4.78, 5) is 50.7.